The minimum absolute atomic E-state index is 0. The summed E-state index contributed by atoms with van der Waals surface area (Å²) < 4.78 is 0. The second kappa shape index (κ2) is 11.6. The van der Waals surface area contributed by atoms with Gasteiger partial charge in [-0.15, -0.1) is 24.8 Å². The zero-order valence-corrected chi connectivity index (χ0v) is 17.7. The van der Waals surface area contributed by atoms with Crippen molar-refractivity contribution in [2.45, 2.75) is 44.8 Å². The van der Waals surface area contributed by atoms with Crippen molar-refractivity contribution in [3.05, 3.63) is 23.8 Å². The fourth-order valence-corrected chi connectivity index (χ4v) is 3.49. The van der Waals surface area contributed by atoms with E-state index in [-0.39, 0.29) is 42.7 Å². The van der Waals surface area contributed by atoms with E-state index in [1.165, 1.54) is 6.42 Å². The highest BCUT2D eigenvalue weighted by Gasteiger charge is 2.28. The lowest BCUT2D eigenvalue weighted by Crippen LogP contribution is -2.37. The maximum absolute atomic E-state index is 12.3. The number of aliphatic hydroxyl groups is 1. The smallest absolute Gasteiger partial charge is 0.241 e. The zero-order valence-electron chi connectivity index (χ0n) is 16.1. The van der Waals surface area contributed by atoms with E-state index < -0.39 is 6.10 Å². The number of carbonyl (C=O) groups excluding carboxylic acids is 2. The molecule has 158 valence electrons. The Labute approximate surface area is 178 Å². The van der Waals surface area contributed by atoms with Crippen LogP contribution in [0.3, 0.4) is 0 Å². The van der Waals surface area contributed by atoms with Crippen LogP contribution in [0.1, 0.15) is 31.2 Å². The summed E-state index contributed by atoms with van der Waals surface area (Å²) in [6, 6.07) is 5.10. The SMILES string of the molecule is Cc1ccc(NC(=O)C2CC(O)CN2)cc1NC(=O)CN1CCCCC1.Cl.Cl. The average molecular weight is 433 g/mol. The number of β-amino-alcohol motifs (C(OH)–C–C–N with tert-alkyl or cyclic N) is 1. The summed E-state index contributed by atoms with van der Waals surface area (Å²) in [6.07, 6.45) is 3.48. The normalized spacial score (nSPS) is 21.9. The molecule has 1 aromatic carbocycles. The van der Waals surface area contributed by atoms with Gasteiger partial charge in [0.1, 0.15) is 0 Å². The van der Waals surface area contributed by atoms with Gasteiger partial charge >= 0.3 is 0 Å². The van der Waals surface area contributed by atoms with Gasteiger partial charge in [-0.05, 0) is 57.0 Å². The van der Waals surface area contributed by atoms with Gasteiger partial charge in [-0.25, -0.2) is 0 Å². The molecule has 2 heterocycles. The van der Waals surface area contributed by atoms with Crippen LogP contribution in [0.15, 0.2) is 18.2 Å². The van der Waals surface area contributed by atoms with Crippen molar-refractivity contribution in [1.82, 2.24) is 10.2 Å². The summed E-state index contributed by atoms with van der Waals surface area (Å²) in [6.45, 7) is 4.71. The van der Waals surface area contributed by atoms with E-state index in [1.807, 2.05) is 19.1 Å². The zero-order chi connectivity index (χ0) is 18.5. The molecule has 2 unspecified atom stereocenters. The van der Waals surface area contributed by atoms with Crippen molar-refractivity contribution in [3.8, 4) is 0 Å². The molecule has 2 aliphatic heterocycles. The number of halogens is 2. The summed E-state index contributed by atoms with van der Waals surface area (Å²) in [7, 11) is 0. The number of amides is 2. The van der Waals surface area contributed by atoms with Crippen LogP contribution >= 0.6 is 24.8 Å². The Balaban J connectivity index is 0.00000196. The molecule has 2 saturated heterocycles. The first-order valence-electron chi connectivity index (χ1n) is 9.36. The quantitative estimate of drug-likeness (QED) is 0.570. The first kappa shape index (κ1) is 24.7. The summed E-state index contributed by atoms with van der Waals surface area (Å²) >= 11 is 0. The topological polar surface area (TPSA) is 93.7 Å². The molecule has 0 radical (unpaired) electrons. The van der Waals surface area contributed by atoms with E-state index in [1.54, 1.807) is 6.07 Å². The molecule has 0 bridgehead atoms. The van der Waals surface area contributed by atoms with Crippen LogP contribution in [0.2, 0.25) is 0 Å². The van der Waals surface area contributed by atoms with Crippen molar-refractivity contribution < 1.29 is 14.7 Å². The maximum Gasteiger partial charge on any atom is 0.241 e. The molecule has 1 aromatic rings. The first-order chi connectivity index (χ1) is 12.5. The number of nitrogens with one attached hydrogen (secondary N) is 3. The highest BCUT2D eigenvalue weighted by Crippen LogP contribution is 2.21. The van der Waals surface area contributed by atoms with Crippen molar-refractivity contribution in [2.75, 3.05) is 36.8 Å². The number of nitrogens with zero attached hydrogens (tertiary/aromatic N) is 1. The highest BCUT2D eigenvalue weighted by atomic mass is 35.5. The fourth-order valence-electron chi connectivity index (χ4n) is 3.49. The Kier molecular flexibility index (Phi) is 10.2. The Bertz CT molecular complexity index is 669. The predicted octanol–water partition coefficient (Wildman–Crippen LogP) is 1.92. The van der Waals surface area contributed by atoms with E-state index >= 15 is 0 Å². The number of rotatable bonds is 5. The van der Waals surface area contributed by atoms with Gasteiger partial charge in [-0.1, -0.05) is 12.5 Å². The van der Waals surface area contributed by atoms with Crippen LogP contribution in [0.4, 0.5) is 11.4 Å². The number of carbonyl (C=O) groups is 2. The number of anilines is 2. The second-order valence-electron chi connectivity index (χ2n) is 7.25. The van der Waals surface area contributed by atoms with Crippen LogP contribution in [0, 0.1) is 6.92 Å². The van der Waals surface area contributed by atoms with Gasteiger partial charge in [0.05, 0.1) is 18.7 Å². The highest BCUT2D eigenvalue weighted by molar-refractivity contribution is 5.97. The molecule has 2 amide bonds. The molecule has 0 aromatic heterocycles. The fraction of sp³-hybridized carbons (Fsp3) is 0.579. The number of aliphatic hydroxyl groups excluding tert-OH is 1. The van der Waals surface area contributed by atoms with Crippen LogP contribution in [-0.4, -0.2) is 60.1 Å². The van der Waals surface area contributed by atoms with Gasteiger partial charge < -0.3 is 21.1 Å². The van der Waals surface area contributed by atoms with Gasteiger partial charge in [-0.2, -0.15) is 0 Å². The van der Waals surface area contributed by atoms with E-state index in [0.29, 0.717) is 30.9 Å². The van der Waals surface area contributed by atoms with Gasteiger partial charge in [-0.3, -0.25) is 14.5 Å². The van der Waals surface area contributed by atoms with Crippen molar-refractivity contribution >= 4 is 48.0 Å². The third-order valence-corrected chi connectivity index (χ3v) is 5.02. The van der Waals surface area contributed by atoms with Gasteiger partial charge in [0, 0.05) is 17.9 Å². The molecular weight excluding hydrogens is 403 g/mol. The van der Waals surface area contributed by atoms with E-state index in [4.69, 9.17) is 0 Å². The number of hydrogen-bond acceptors (Lipinski definition) is 5. The molecule has 9 heteroatoms. The van der Waals surface area contributed by atoms with Crippen molar-refractivity contribution in [1.29, 1.82) is 0 Å². The molecule has 0 spiro atoms. The van der Waals surface area contributed by atoms with E-state index in [9.17, 15) is 14.7 Å². The Hall–Kier alpha value is -1.38. The minimum Gasteiger partial charge on any atom is -0.392 e. The van der Waals surface area contributed by atoms with Gasteiger partial charge in [0.2, 0.25) is 11.8 Å². The number of likely N-dealkylation sites (tertiary alicyclic amines) is 1. The molecular formula is C19H30Cl2N4O3. The van der Waals surface area contributed by atoms with Crippen molar-refractivity contribution in [3.63, 3.8) is 0 Å². The standard InChI is InChI=1S/C19H28N4O3.2ClH/c1-13-5-6-14(21-19(26)17-10-15(24)11-20-17)9-16(13)22-18(25)12-23-7-3-2-4-8-23;;/h5-6,9,15,17,20,24H,2-4,7-8,10-12H2,1H3,(H,21,26)(H,22,25);2*1H. The average Bonchev–Trinajstić information content (AvgIpc) is 3.05. The summed E-state index contributed by atoms with van der Waals surface area (Å²) in [5.41, 5.74) is 2.30. The largest absolute Gasteiger partial charge is 0.392 e. The predicted molar refractivity (Wildman–Crippen MR) is 116 cm³/mol. The molecule has 2 fully saturated rings. The molecule has 3 rings (SSSR count). The lowest BCUT2D eigenvalue weighted by Gasteiger charge is -2.25. The monoisotopic (exact) mass is 432 g/mol. The molecule has 0 saturated carbocycles. The number of benzene rings is 1. The second-order valence-corrected chi connectivity index (χ2v) is 7.25. The summed E-state index contributed by atoms with van der Waals surface area (Å²) in [5.74, 6) is -0.199. The summed E-state index contributed by atoms with van der Waals surface area (Å²) in [4.78, 5) is 26.8. The molecule has 2 aliphatic rings. The first-order valence-corrected chi connectivity index (χ1v) is 9.36. The Morgan fingerprint density at radius 3 is 2.54 bits per heavy atom. The van der Waals surface area contributed by atoms with Gasteiger partial charge in [0.15, 0.2) is 0 Å². The number of aryl methyl sites for hydroxylation is 1. The maximum atomic E-state index is 12.3. The number of hydrogen-bond donors (Lipinski definition) is 4. The number of piperidine rings is 1. The molecule has 2 atom stereocenters. The van der Waals surface area contributed by atoms with Crippen LogP contribution in [0.5, 0.6) is 0 Å². The van der Waals surface area contributed by atoms with E-state index in [0.717, 1.165) is 31.5 Å². The lowest BCUT2D eigenvalue weighted by atomic mass is 10.1. The third-order valence-electron chi connectivity index (χ3n) is 5.02. The molecule has 7 nitrogen and oxygen atoms in total. The van der Waals surface area contributed by atoms with Crippen LogP contribution in [-0.2, 0) is 9.59 Å². The Morgan fingerprint density at radius 2 is 1.89 bits per heavy atom. The third kappa shape index (κ3) is 6.90. The molecule has 28 heavy (non-hydrogen) atoms. The van der Waals surface area contributed by atoms with Crippen LogP contribution in [0.25, 0.3) is 0 Å². The van der Waals surface area contributed by atoms with Gasteiger partial charge in [0.25, 0.3) is 0 Å². The minimum atomic E-state index is -0.478. The lowest BCUT2D eigenvalue weighted by molar-refractivity contribution is -0.118. The summed E-state index contributed by atoms with van der Waals surface area (Å²) in [5, 5.41) is 18.3. The molecule has 4 N–H and O–H groups in total. The molecule has 0 aliphatic carbocycles. The van der Waals surface area contributed by atoms with Crippen molar-refractivity contribution in [2.24, 2.45) is 0 Å². The van der Waals surface area contributed by atoms with E-state index in [2.05, 4.69) is 20.9 Å². The van der Waals surface area contributed by atoms with Crippen LogP contribution < -0.4 is 16.0 Å². The Morgan fingerprint density at radius 1 is 1.18 bits per heavy atom.